The third-order valence-electron chi connectivity index (χ3n) is 2.59. The molecule has 0 spiro atoms. The largest absolute Gasteiger partial charge is 0.355 e. The highest BCUT2D eigenvalue weighted by molar-refractivity contribution is 5.83. The lowest BCUT2D eigenvalue weighted by Gasteiger charge is -2.05. The van der Waals surface area contributed by atoms with E-state index in [1.54, 1.807) is 12.4 Å². The zero-order valence-electron chi connectivity index (χ0n) is 9.46. The summed E-state index contributed by atoms with van der Waals surface area (Å²) in [7, 11) is 1.93. The quantitative estimate of drug-likeness (QED) is 0.727. The van der Waals surface area contributed by atoms with Crippen LogP contribution in [-0.4, -0.2) is 14.8 Å². The molecule has 0 fully saturated rings. The number of anilines is 2. The third-order valence-corrected chi connectivity index (χ3v) is 2.59. The lowest BCUT2D eigenvalue weighted by molar-refractivity contribution is 0.780. The number of aromatic nitrogens is 3. The normalized spacial score (nSPS) is 10.6. The van der Waals surface area contributed by atoms with E-state index in [9.17, 15) is 0 Å². The van der Waals surface area contributed by atoms with Crippen molar-refractivity contribution < 1.29 is 0 Å². The first kappa shape index (κ1) is 9.84. The van der Waals surface area contributed by atoms with Crippen molar-refractivity contribution in [2.75, 3.05) is 5.32 Å². The van der Waals surface area contributed by atoms with Crippen molar-refractivity contribution in [1.82, 2.24) is 14.8 Å². The predicted molar refractivity (Wildman–Crippen MR) is 68.2 cm³/mol. The van der Waals surface area contributed by atoms with E-state index in [0.717, 1.165) is 22.3 Å². The van der Waals surface area contributed by atoms with E-state index < -0.39 is 0 Å². The fourth-order valence-corrected chi connectivity index (χ4v) is 1.83. The monoisotopic (exact) mass is 224 g/mol. The summed E-state index contributed by atoms with van der Waals surface area (Å²) >= 11 is 0. The zero-order chi connectivity index (χ0) is 11.7. The predicted octanol–water partition coefficient (Wildman–Crippen LogP) is 2.71. The molecule has 1 aromatic carbocycles. The first-order valence-corrected chi connectivity index (χ1v) is 5.42. The molecule has 0 bridgehead atoms. The Kier molecular flexibility index (Phi) is 2.26. The summed E-state index contributed by atoms with van der Waals surface area (Å²) in [4.78, 5) is 3.99. The van der Waals surface area contributed by atoms with Crippen LogP contribution in [0.5, 0.6) is 0 Å². The molecule has 0 saturated heterocycles. The minimum Gasteiger partial charge on any atom is -0.355 e. The summed E-state index contributed by atoms with van der Waals surface area (Å²) in [5, 5.41) is 8.80. The maximum Gasteiger partial charge on any atom is 0.0924 e. The molecule has 0 aliphatic heterocycles. The Bertz CT molecular complexity index is 643. The molecule has 84 valence electrons. The van der Waals surface area contributed by atoms with Crippen LogP contribution in [0.4, 0.5) is 11.4 Å². The Hall–Kier alpha value is -2.36. The van der Waals surface area contributed by atoms with Crippen molar-refractivity contribution in [3.8, 4) is 0 Å². The van der Waals surface area contributed by atoms with Crippen LogP contribution in [0.3, 0.4) is 0 Å². The summed E-state index contributed by atoms with van der Waals surface area (Å²) in [6, 6.07) is 10.00. The molecule has 4 heteroatoms. The highest BCUT2D eigenvalue weighted by atomic mass is 15.2. The minimum absolute atomic E-state index is 1.01. The van der Waals surface area contributed by atoms with Crippen molar-refractivity contribution in [3.63, 3.8) is 0 Å². The number of nitrogens with zero attached hydrogens (tertiary/aromatic N) is 3. The second kappa shape index (κ2) is 3.90. The van der Waals surface area contributed by atoms with Gasteiger partial charge in [-0.15, -0.1) is 0 Å². The second-order valence-corrected chi connectivity index (χ2v) is 3.94. The van der Waals surface area contributed by atoms with Crippen LogP contribution in [0.15, 0.2) is 48.9 Å². The summed E-state index contributed by atoms with van der Waals surface area (Å²) in [6.07, 6.45) is 5.54. The van der Waals surface area contributed by atoms with Gasteiger partial charge in [0.05, 0.1) is 5.52 Å². The Labute approximate surface area is 98.9 Å². The van der Waals surface area contributed by atoms with Gasteiger partial charge in [0.25, 0.3) is 0 Å². The lowest BCUT2D eigenvalue weighted by atomic mass is 10.2. The molecule has 3 aromatic rings. The summed E-state index contributed by atoms with van der Waals surface area (Å²) < 4.78 is 1.82. The van der Waals surface area contributed by atoms with E-state index in [4.69, 9.17) is 0 Å². The average Bonchev–Trinajstić information content (AvgIpc) is 2.70. The van der Waals surface area contributed by atoms with Gasteiger partial charge in [0.1, 0.15) is 0 Å². The van der Waals surface area contributed by atoms with Crippen LogP contribution >= 0.6 is 0 Å². The van der Waals surface area contributed by atoms with E-state index >= 15 is 0 Å². The van der Waals surface area contributed by atoms with Crippen LogP contribution < -0.4 is 5.32 Å². The first-order chi connectivity index (χ1) is 8.31. The zero-order valence-corrected chi connectivity index (χ0v) is 9.46. The highest BCUT2D eigenvalue weighted by Gasteiger charge is 2.00. The van der Waals surface area contributed by atoms with Gasteiger partial charge in [0.15, 0.2) is 0 Å². The summed E-state index contributed by atoms with van der Waals surface area (Å²) in [5.41, 5.74) is 3.09. The van der Waals surface area contributed by atoms with Gasteiger partial charge in [-0.25, -0.2) is 0 Å². The Morgan fingerprint density at radius 3 is 2.71 bits per heavy atom. The van der Waals surface area contributed by atoms with Gasteiger partial charge in [-0.05, 0) is 30.3 Å². The summed E-state index contributed by atoms with van der Waals surface area (Å²) in [5.74, 6) is 0. The Morgan fingerprint density at radius 2 is 1.88 bits per heavy atom. The van der Waals surface area contributed by atoms with E-state index in [2.05, 4.69) is 21.5 Å². The molecule has 0 atom stereocenters. The van der Waals surface area contributed by atoms with E-state index in [-0.39, 0.29) is 0 Å². The van der Waals surface area contributed by atoms with Gasteiger partial charge in [0.2, 0.25) is 0 Å². The number of hydrogen-bond acceptors (Lipinski definition) is 3. The van der Waals surface area contributed by atoms with Crippen LogP contribution in [0.2, 0.25) is 0 Å². The molecule has 2 aromatic heterocycles. The van der Waals surface area contributed by atoms with Crippen molar-refractivity contribution in [2.24, 2.45) is 7.05 Å². The molecule has 17 heavy (non-hydrogen) atoms. The van der Waals surface area contributed by atoms with Crippen LogP contribution in [0, 0.1) is 0 Å². The van der Waals surface area contributed by atoms with E-state index in [0.29, 0.717) is 0 Å². The van der Waals surface area contributed by atoms with Crippen molar-refractivity contribution in [1.29, 1.82) is 0 Å². The fourth-order valence-electron chi connectivity index (χ4n) is 1.83. The number of pyridine rings is 1. The number of nitrogens with one attached hydrogen (secondary N) is 1. The molecule has 0 radical (unpaired) electrons. The second-order valence-electron chi connectivity index (χ2n) is 3.94. The van der Waals surface area contributed by atoms with E-state index in [1.165, 1.54) is 0 Å². The molecular formula is C13H12N4. The maximum absolute atomic E-state index is 4.34. The van der Waals surface area contributed by atoms with Gasteiger partial charge in [-0.1, -0.05) is 0 Å². The average molecular weight is 224 g/mol. The molecule has 0 unspecified atom stereocenters. The molecule has 0 aliphatic rings. The smallest absolute Gasteiger partial charge is 0.0924 e. The molecular weight excluding hydrogens is 212 g/mol. The molecule has 0 amide bonds. The van der Waals surface area contributed by atoms with Gasteiger partial charge in [0, 0.05) is 42.4 Å². The van der Waals surface area contributed by atoms with Crippen molar-refractivity contribution in [2.45, 2.75) is 0 Å². The SMILES string of the molecule is Cn1cc2cc(Nc3ccncc3)ccc2n1. The first-order valence-electron chi connectivity index (χ1n) is 5.42. The molecule has 0 aliphatic carbocycles. The fraction of sp³-hybridized carbons (Fsp3) is 0.0769. The topological polar surface area (TPSA) is 42.7 Å². The molecule has 4 nitrogen and oxygen atoms in total. The van der Waals surface area contributed by atoms with Gasteiger partial charge < -0.3 is 5.32 Å². The number of rotatable bonds is 2. The molecule has 3 rings (SSSR count). The molecule has 1 N–H and O–H groups in total. The van der Waals surface area contributed by atoms with Crippen molar-refractivity contribution in [3.05, 3.63) is 48.9 Å². The number of hydrogen-bond donors (Lipinski definition) is 1. The van der Waals surface area contributed by atoms with Crippen molar-refractivity contribution >= 4 is 22.3 Å². The van der Waals surface area contributed by atoms with Gasteiger partial charge in [-0.2, -0.15) is 5.10 Å². The standard InChI is InChI=1S/C13H12N4/c1-17-9-10-8-12(2-3-13(10)16-17)15-11-4-6-14-7-5-11/h2-9H,1H3,(H,14,15). The number of aryl methyl sites for hydroxylation is 1. The van der Waals surface area contributed by atoms with Gasteiger partial charge >= 0.3 is 0 Å². The molecule has 2 heterocycles. The highest BCUT2D eigenvalue weighted by Crippen LogP contribution is 2.20. The van der Waals surface area contributed by atoms with E-state index in [1.807, 2.05) is 42.2 Å². The minimum atomic E-state index is 1.01. The third kappa shape index (κ3) is 1.97. The number of benzene rings is 1. The maximum atomic E-state index is 4.34. The Morgan fingerprint density at radius 1 is 1.06 bits per heavy atom. The van der Waals surface area contributed by atoms with Gasteiger partial charge in [-0.3, -0.25) is 9.67 Å². The number of fused-ring (bicyclic) bond motifs is 1. The lowest BCUT2D eigenvalue weighted by Crippen LogP contribution is -1.89. The molecule has 0 saturated carbocycles. The Balaban J connectivity index is 1.95. The van der Waals surface area contributed by atoms with Crippen LogP contribution in [0.25, 0.3) is 10.9 Å². The van der Waals surface area contributed by atoms with Crippen LogP contribution in [0.1, 0.15) is 0 Å². The summed E-state index contributed by atoms with van der Waals surface area (Å²) in [6.45, 7) is 0. The van der Waals surface area contributed by atoms with Crippen LogP contribution in [-0.2, 0) is 7.05 Å².